The molecule has 6 nitrogen and oxygen atoms in total. The van der Waals surface area contributed by atoms with Crippen LogP contribution in [0.15, 0.2) is 0 Å². The summed E-state index contributed by atoms with van der Waals surface area (Å²) in [5.74, 6) is -3.16. The molecule has 5 aliphatic rings. The van der Waals surface area contributed by atoms with E-state index in [1.165, 1.54) is 0 Å². The van der Waals surface area contributed by atoms with Gasteiger partial charge in [-0.15, -0.1) is 0 Å². The summed E-state index contributed by atoms with van der Waals surface area (Å²) in [7, 11) is 0. The standard InChI is InChI=1S/C20H32O6/c1-9(2)19(24)13(21)12-15(4)8-18(23)16(19,5)20(12,25)14(26-18)11-10(3)6-7-17(11,15)22/h9-14,21-25H,6-8H2,1-5H3/t10?,11-,12-,13?,14?,15-,16+,17-,18+,19-,20-/m1/s1. The fourth-order valence-corrected chi connectivity index (χ4v) is 8.76. The van der Waals surface area contributed by atoms with Crippen molar-refractivity contribution in [2.24, 2.45) is 34.5 Å². The molecule has 5 fully saturated rings. The van der Waals surface area contributed by atoms with Crippen LogP contribution in [0.3, 0.4) is 0 Å². The number of hydrogen-bond donors (Lipinski definition) is 5. The van der Waals surface area contributed by atoms with Gasteiger partial charge in [-0.1, -0.05) is 27.7 Å². The molecule has 4 aliphatic carbocycles. The van der Waals surface area contributed by atoms with Crippen molar-refractivity contribution in [2.45, 2.75) is 88.7 Å². The van der Waals surface area contributed by atoms with Crippen molar-refractivity contribution in [2.75, 3.05) is 0 Å². The number of rotatable bonds is 1. The molecule has 5 bridgehead atoms. The fraction of sp³-hybridized carbons (Fsp3) is 1.00. The quantitative estimate of drug-likeness (QED) is 0.458. The summed E-state index contributed by atoms with van der Waals surface area (Å²) in [5.41, 5.74) is -6.83. The van der Waals surface area contributed by atoms with Gasteiger partial charge in [0.1, 0.15) is 11.2 Å². The van der Waals surface area contributed by atoms with E-state index in [2.05, 4.69) is 6.92 Å². The Morgan fingerprint density at radius 3 is 2.27 bits per heavy atom. The maximum atomic E-state index is 12.1. The van der Waals surface area contributed by atoms with Crippen LogP contribution in [0.2, 0.25) is 0 Å². The monoisotopic (exact) mass is 368 g/mol. The van der Waals surface area contributed by atoms with E-state index >= 15 is 0 Å². The summed E-state index contributed by atoms with van der Waals surface area (Å²) in [6, 6.07) is 0. The molecule has 0 spiro atoms. The topological polar surface area (TPSA) is 110 Å². The second kappa shape index (κ2) is 4.19. The van der Waals surface area contributed by atoms with Crippen LogP contribution in [0.5, 0.6) is 0 Å². The van der Waals surface area contributed by atoms with Crippen LogP contribution in [0.4, 0.5) is 0 Å². The lowest BCUT2D eigenvalue weighted by atomic mass is 9.41. The summed E-state index contributed by atoms with van der Waals surface area (Å²) in [6.07, 6.45) is -0.571. The Labute approximate surface area is 154 Å². The number of aliphatic hydroxyl groups is 5. The molecule has 3 unspecified atom stereocenters. The van der Waals surface area contributed by atoms with Crippen molar-refractivity contribution >= 4 is 0 Å². The molecular formula is C20H32O6. The van der Waals surface area contributed by atoms with Crippen LogP contribution in [-0.2, 0) is 4.74 Å². The first-order chi connectivity index (χ1) is 11.8. The maximum Gasteiger partial charge on any atom is 0.177 e. The first kappa shape index (κ1) is 17.8. The Balaban J connectivity index is 1.87. The SMILES string of the molecule is CC1CC[C@@]2(O)[C@H]1C1O[C@@]3(O)C[C@]2(C)[C@H]2C(O)[C@](O)(C(C)C)[C@@]3(C)[C@]12O. The summed E-state index contributed by atoms with van der Waals surface area (Å²) in [5, 5.41) is 58.7. The van der Waals surface area contributed by atoms with E-state index in [9.17, 15) is 25.5 Å². The van der Waals surface area contributed by atoms with Gasteiger partial charge in [0.15, 0.2) is 5.79 Å². The predicted octanol–water partition coefficient (Wildman–Crippen LogP) is 0.390. The van der Waals surface area contributed by atoms with Crippen molar-refractivity contribution in [3.05, 3.63) is 0 Å². The van der Waals surface area contributed by atoms with Gasteiger partial charge >= 0.3 is 0 Å². The molecule has 0 radical (unpaired) electrons. The Morgan fingerprint density at radius 1 is 1.08 bits per heavy atom. The van der Waals surface area contributed by atoms with Crippen molar-refractivity contribution < 1.29 is 30.3 Å². The summed E-state index contributed by atoms with van der Waals surface area (Å²) in [6.45, 7) is 9.17. The van der Waals surface area contributed by atoms with E-state index in [1.807, 2.05) is 6.92 Å². The van der Waals surface area contributed by atoms with Crippen LogP contribution in [0.1, 0.15) is 53.9 Å². The van der Waals surface area contributed by atoms with Gasteiger partial charge in [0.2, 0.25) is 0 Å². The molecule has 0 aromatic carbocycles. The Hall–Kier alpha value is -0.240. The molecule has 1 heterocycles. The zero-order valence-corrected chi connectivity index (χ0v) is 16.2. The summed E-state index contributed by atoms with van der Waals surface area (Å²) >= 11 is 0. The van der Waals surface area contributed by atoms with Crippen LogP contribution in [0.25, 0.3) is 0 Å². The third-order valence-electron chi connectivity index (χ3n) is 10.0. The highest BCUT2D eigenvalue weighted by atomic mass is 16.7. The Bertz CT molecular complexity index is 698. The molecule has 1 aliphatic heterocycles. The molecule has 26 heavy (non-hydrogen) atoms. The number of fused-ring (bicyclic) bond motifs is 3. The Morgan fingerprint density at radius 2 is 1.69 bits per heavy atom. The van der Waals surface area contributed by atoms with E-state index < -0.39 is 57.5 Å². The van der Waals surface area contributed by atoms with Crippen molar-refractivity contribution in [1.29, 1.82) is 0 Å². The van der Waals surface area contributed by atoms with Gasteiger partial charge in [0.05, 0.1) is 23.2 Å². The van der Waals surface area contributed by atoms with Gasteiger partial charge in [-0.05, 0) is 31.6 Å². The lowest BCUT2D eigenvalue weighted by Gasteiger charge is -2.64. The normalized spacial score (nSPS) is 71.0. The fourth-order valence-electron chi connectivity index (χ4n) is 8.76. The van der Waals surface area contributed by atoms with Gasteiger partial charge in [-0.25, -0.2) is 0 Å². The lowest BCUT2D eigenvalue weighted by molar-refractivity contribution is -0.320. The molecule has 6 heteroatoms. The second-order valence-electron chi connectivity index (χ2n) is 10.7. The molecular weight excluding hydrogens is 336 g/mol. The minimum absolute atomic E-state index is 0.103. The van der Waals surface area contributed by atoms with Crippen LogP contribution >= 0.6 is 0 Å². The average molecular weight is 368 g/mol. The van der Waals surface area contributed by atoms with Crippen LogP contribution in [0, 0.1) is 34.5 Å². The zero-order valence-electron chi connectivity index (χ0n) is 16.2. The maximum absolute atomic E-state index is 12.1. The molecule has 0 aromatic heterocycles. The highest BCUT2D eigenvalue weighted by molar-refractivity contribution is 5.42. The van der Waals surface area contributed by atoms with Crippen LogP contribution < -0.4 is 0 Å². The minimum Gasteiger partial charge on any atom is -0.390 e. The van der Waals surface area contributed by atoms with E-state index in [-0.39, 0.29) is 18.3 Å². The summed E-state index contributed by atoms with van der Waals surface area (Å²) < 4.78 is 6.19. The molecule has 0 aromatic rings. The predicted molar refractivity (Wildman–Crippen MR) is 91.7 cm³/mol. The first-order valence-corrected chi connectivity index (χ1v) is 10.0. The molecule has 11 atom stereocenters. The van der Waals surface area contributed by atoms with Crippen molar-refractivity contribution in [3.8, 4) is 0 Å². The van der Waals surface area contributed by atoms with E-state index in [0.717, 1.165) is 6.42 Å². The molecule has 4 saturated carbocycles. The van der Waals surface area contributed by atoms with Crippen molar-refractivity contribution in [3.63, 3.8) is 0 Å². The van der Waals surface area contributed by atoms with Gasteiger partial charge in [0, 0.05) is 23.7 Å². The largest absolute Gasteiger partial charge is 0.390 e. The average Bonchev–Trinajstić information content (AvgIpc) is 2.91. The number of aliphatic hydroxyl groups excluding tert-OH is 1. The highest BCUT2D eigenvalue weighted by Gasteiger charge is 2.96. The molecule has 1 saturated heterocycles. The zero-order chi connectivity index (χ0) is 19.3. The van der Waals surface area contributed by atoms with Crippen molar-refractivity contribution in [1.82, 2.24) is 0 Å². The molecule has 148 valence electrons. The second-order valence-corrected chi connectivity index (χ2v) is 10.7. The smallest absolute Gasteiger partial charge is 0.177 e. The molecule has 5 N–H and O–H groups in total. The number of hydrogen-bond acceptors (Lipinski definition) is 6. The van der Waals surface area contributed by atoms with Gasteiger partial charge in [-0.2, -0.15) is 0 Å². The minimum atomic E-state index is -1.80. The lowest BCUT2D eigenvalue weighted by Crippen LogP contribution is -2.77. The van der Waals surface area contributed by atoms with E-state index in [0.29, 0.717) is 6.42 Å². The summed E-state index contributed by atoms with van der Waals surface area (Å²) in [4.78, 5) is 0. The number of ether oxygens (including phenoxy) is 1. The van der Waals surface area contributed by atoms with E-state index in [4.69, 9.17) is 4.74 Å². The molecule has 0 amide bonds. The van der Waals surface area contributed by atoms with Gasteiger partial charge < -0.3 is 30.3 Å². The first-order valence-electron chi connectivity index (χ1n) is 10.0. The van der Waals surface area contributed by atoms with Gasteiger partial charge in [-0.3, -0.25) is 0 Å². The highest BCUT2D eigenvalue weighted by Crippen LogP contribution is 2.83. The van der Waals surface area contributed by atoms with Gasteiger partial charge in [0.25, 0.3) is 0 Å². The Kier molecular flexibility index (Phi) is 2.87. The van der Waals surface area contributed by atoms with E-state index in [1.54, 1.807) is 20.8 Å². The third-order valence-corrected chi connectivity index (χ3v) is 10.0. The molecule has 5 rings (SSSR count). The van der Waals surface area contributed by atoms with Crippen LogP contribution in [-0.4, -0.2) is 60.3 Å². The third kappa shape index (κ3) is 1.21.